The van der Waals surface area contributed by atoms with Crippen LogP contribution in [0.5, 0.6) is 11.5 Å². The number of fused-ring (bicyclic) bond motifs is 1. The second-order valence-electron chi connectivity index (χ2n) is 4.67. The van der Waals surface area contributed by atoms with E-state index in [2.05, 4.69) is 4.74 Å². The van der Waals surface area contributed by atoms with Gasteiger partial charge in [-0.2, -0.15) is 0 Å². The minimum absolute atomic E-state index is 0.164. The quantitative estimate of drug-likeness (QED) is 0.633. The van der Waals surface area contributed by atoms with Gasteiger partial charge in [-0.05, 0) is 0 Å². The van der Waals surface area contributed by atoms with Crippen molar-refractivity contribution in [2.75, 3.05) is 0 Å². The molecular weight excluding hydrogens is 284 g/mol. The number of imidazole rings is 1. The summed E-state index contributed by atoms with van der Waals surface area (Å²) in [6.45, 7) is 0. The molecule has 9 nitrogen and oxygen atoms in total. The molecule has 2 unspecified atom stereocenters. The number of pyridine rings is 1. The Morgan fingerprint density at radius 3 is 2.57 bits per heavy atom. The predicted molar refractivity (Wildman–Crippen MR) is 66.2 cm³/mol. The Balaban J connectivity index is 2.10. The lowest BCUT2D eigenvalue weighted by Crippen LogP contribution is -2.26. The van der Waals surface area contributed by atoms with Crippen molar-refractivity contribution in [1.29, 1.82) is 0 Å². The molecule has 2 atom stereocenters. The van der Waals surface area contributed by atoms with Crippen LogP contribution in [-0.4, -0.2) is 42.3 Å². The molecule has 0 aromatic carbocycles. The van der Waals surface area contributed by atoms with E-state index in [-0.39, 0.29) is 11.9 Å². The van der Waals surface area contributed by atoms with E-state index in [1.165, 1.54) is 6.20 Å². The zero-order valence-corrected chi connectivity index (χ0v) is 10.5. The lowest BCUT2D eigenvalue weighted by molar-refractivity contribution is -0.157. The molecule has 21 heavy (non-hydrogen) atoms. The number of aliphatic carboxylic acids is 1. The lowest BCUT2D eigenvalue weighted by atomic mass is 10.2. The maximum atomic E-state index is 12.2. The summed E-state index contributed by atoms with van der Waals surface area (Å²) in [6, 6.07) is 0.102. The number of esters is 1. The van der Waals surface area contributed by atoms with Crippen LogP contribution in [0, 0.1) is 0 Å². The summed E-state index contributed by atoms with van der Waals surface area (Å²) in [5, 5.41) is 27.6. The number of carbonyl (C=O) groups is 2. The van der Waals surface area contributed by atoms with Crippen LogP contribution < -0.4 is 5.69 Å². The Morgan fingerprint density at radius 2 is 1.95 bits per heavy atom. The molecule has 0 aliphatic carbocycles. The highest BCUT2D eigenvalue weighted by Gasteiger charge is 2.40. The van der Waals surface area contributed by atoms with E-state index >= 15 is 0 Å². The first-order chi connectivity index (χ1) is 9.88. The first-order valence-corrected chi connectivity index (χ1v) is 5.97. The maximum absolute atomic E-state index is 12.2. The van der Waals surface area contributed by atoms with E-state index in [1.54, 1.807) is 0 Å². The van der Waals surface area contributed by atoms with Gasteiger partial charge in [0.25, 0.3) is 0 Å². The number of hydrogen-bond donors (Lipinski definition) is 3. The van der Waals surface area contributed by atoms with Crippen LogP contribution in [-0.2, 0) is 14.3 Å². The lowest BCUT2D eigenvalue weighted by Gasteiger charge is -2.04. The van der Waals surface area contributed by atoms with E-state index in [4.69, 9.17) is 5.11 Å². The number of carboxylic acid groups (broad SMARTS) is 1. The van der Waals surface area contributed by atoms with E-state index in [0.717, 1.165) is 21.2 Å². The number of ether oxygens (including phenoxy) is 1. The van der Waals surface area contributed by atoms with Crippen molar-refractivity contribution in [3.05, 3.63) is 28.9 Å². The maximum Gasteiger partial charge on any atom is 0.345 e. The number of carbonyl (C=O) groups excluding carboxylic acids is 1. The molecular formula is C12H10N2O7. The topological polar surface area (TPSA) is 130 Å². The molecule has 0 radical (unpaired) electrons. The van der Waals surface area contributed by atoms with Gasteiger partial charge in [-0.3, -0.25) is 8.97 Å². The highest BCUT2D eigenvalue weighted by molar-refractivity contribution is 5.84. The summed E-state index contributed by atoms with van der Waals surface area (Å²) < 4.78 is 6.75. The Bertz CT molecular complexity index is 819. The Labute approximate surface area is 116 Å². The zero-order chi connectivity index (χ0) is 15.3. The summed E-state index contributed by atoms with van der Waals surface area (Å²) in [5.41, 5.74) is -0.393. The van der Waals surface area contributed by atoms with Crippen LogP contribution in [0.15, 0.2) is 23.3 Å². The van der Waals surface area contributed by atoms with Crippen LogP contribution in [0.2, 0.25) is 0 Å². The Kier molecular flexibility index (Phi) is 2.65. The molecule has 3 rings (SSSR count). The van der Waals surface area contributed by atoms with Crippen molar-refractivity contribution in [3.8, 4) is 11.5 Å². The van der Waals surface area contributed by atoms with Crippen molar-refractivity contribution >= 4 is 17.5 Å². The summed E-state index contributed by atoms with van der Waals surface area (Å²) >= 11 is 0. The van der Waals surface area contributed by atoms with Gasteiger partial charge in [0.05, 0.1) is 11.7 Å². The van der Waals surface area contributed by atoms with Gasteiger partial charge in [0.1, 0.15) is 6.04 Å². The fourth-order valence-corrected chi connectivity index (χ4v) is 2.30. The average Bonchev–Trinajstić information content (AvgIpc) is 2.93. The fourth-order valence-electron chi connectivity index (χ4n) is 2.30. The van der Waals surface area contributed by atoms with Crippen molar-refractivity contribution < 1.29 is 29.6 Å². The van der Waals surface area contributed by atoms with Gasteiger partial charge in [-0.1, -0.05) is 0 Å². The third kappa shape index (κ3) is 1.90. The smallest absolute Gasteiger partial charge is 0.345 e. The number of rotatable bonds is 2. The van der Waals surface area contributed by atoms with Crippen LogP contribution >= 0.6 is 0 Å². The highest BCUT2D eigenvalue weighted by atomic mass is 16.6. The van der Waals surface area contributed by atoms with Crippen LogP contribution in [0.3, 0.4) is 0 Å². The Morgan fingerprint density at radius 1 is 1.24 bits per heavy atom. The zero-order valence-electron chi connectivity index (χ0n) is 10.5. The van der Waals surface area contributed by atoms with Crippen molar-refractivity contribution in [1.82, 2.24) is 8.97 Å². The second kappa shape index (κ2) is 4.27. The van der Waals surface area contributed by atoms with Crippen molar-refractivity contribution in [3.63, 3.8) is 0 Å². The largest absolute Gasteiger partial charge is 0.504 e. The Hall–Kier alpha value is -2.97. The molecule has 2 aromatic heterocycles. The van der Waals surface area contributed by atoms with Gasteiger partial charge >= 0.3 is 17.6 Å². The molecule has 9 heteroatoms. The van der Waals surface area contributed by atoms with Gasteiger partial charge in [-0.15, -0.1) is 0 Å². The van der Waals surface area contributed by atoms with E-state index in [0.29, 0.717) is 0 Å². The number of aromatic hydroxyl groups is 2. The minimum atomic E-state index is -1.29. The van der Waals surface area contributed by atoms with Crippen LogP contribution in [0.1, 0.15) is 12.5 Å². The summed E-state index contributed by atoms with van der Waals surface area (Å²) in [5.74, 6) is -2.99. The van der Waals surface area contributed by atoms with Crippen molar-refractivity contribution in [2.45, 2.75) is 18.6 Å². The average molecular weight is 294 g/mol. The molecule has 0 amide bonds. The standard InChI is InChI=1S/C12H10N2O7/c15-7-1-5-3-14(12(20)13(5)4-8(7)16)6-2-9(10(17)18)21-11(6)19/h1,3-4,6,9,15-16H,2H2,(H,17,18). The van der Waals surface area contributed by atoms with E-state index < -0.39 is 41.3 Å². The normalized spacial score (nSPS) is 21.6. The molecule has 3 N–H and O–H groups in total. The molecule has 3 heterocycles. The summed E-state index contributed by atoms with van der Waals surface area (Å²) in [4.78, 5) is 34.7. The number of nitrogens with zero attached hydrogens (tertiary/aromatic N) is 2. The fraction of sp³-hybridized carbons (Fsp3) is 0.250. The van der Waals surface area contributed by atoms with Gasteiger partial charge in [0, 0.05) is 18.7 Å². The molecule has 2 aromatic rings. The number of hydrogen-bond acceptors (Lipinski definition) is 6. The van der Waals surface area contributed by atoms with Crippen LogP contribution in [0.4, 0.5) is 0 Å². The van der Waals surface area contributed by atoms with E-state index in [1.807, 2.05) is 0 Å². The molecule has 0 bridgehead atoms. The second-order valence-corrected chi connectivity index (χ2v) is 4.67. The number of cyclic esters (lactones) is 1. The van der Waals surface area contributed by atoms with Gasteiger partial charge < -0.3 is 20.1 Å². The monoisotopic (exact) mass is 294 g/mol. The molecule has 1 fully saturated rings. The number of carboxylic acids is 1. The molecule has 1 saturated heterocycles. The van der Waals surface area contributed by atoms with Crippen molar-refractivity contribution in [2.24, 2.45) is 0 Å². The molecule has 0 spiro atoms. The predicted octanol–water partition coefficient (Wildman–Crippen LogP) is -0.547. The molecule has 0 saturated carbocycles. The number of aromatic nitrogens is 2. The highest BCUT2D eigenvalue weighted by Crippen LogP contribution is 2.28. The summed E-state index contributed by atoms with van der Waals surface area (Å²) in [7, 11) is 0. The van der Waals surface area contributed by atoms with Crippen LogP contribution in [0.25, 0.3) is 5.52 Å². The molecule has 110 valence electrons. The summed E-state index contributed by atoms with van der Waals surface area (Å²) in [6.07, 6.45) is 0.846. The molecule has 1 aliphatic heterocycles. The van der Waals surface area contributed by atoms with E-state index in [9.17, 15) is 24.6 Å². The van der Waals surface area contributed by atoms with Gasteiger partial charge in [-0.25, -0.2) is 14.4 Å². The first-order valence-electron chi connectivity index (χ1n) is 5.97. The van der Waals surface area contributed by atoms with Gasteiger partial charge in [0.2, 0.25) is 6.10 Å². The molecule has 1 aliphatic rings. The first kappa shape index (κ1) is 13.0. The third-order valence-corrected chi connectivity index (χ3v) is 3.35. The minimum Gasteiger partial charge on any atom is -0.504 e. The third-order valence-electron chi connectivity index (χ3n) is 3.35. The SMILES string of the molecule is O=C(O)C1CC(n2cc3cc(O)c(O)cn3c2=O)C(=O)O1. The van der Waals surface area contributed by atoms with Gasteiger partial charge in [0.15, 0.2) is 11.5 Å².